The summed E-state index contributed by atoms with van der Waals surface area (Å²) in [4.78, 5) is 26.0. The predicted octanol–water partition coefficient (Wildman–Crippen LogP) is 0.454. The molecule has 0 aromatic heterocycles. The van der Waals surface area contributed by atoms with E-state index in [2.05, 4.69) is 0 Å². The van der Waals surface area contributed by atoms with Gasteiger partial charge in [-0.2, -0.15) is 0 Å². The maximum Gasteiger partial charge on any atom is 0.311 e. The second kappa shape index (κ2) is 5.33. The molecule has 2 rings (SSSR count). The van der Waals surface area contributed by atoms with Crippen LogP contribution in [0.5, 0.6) is 0 Å². The molecule has 2 heterocycles. The number of carbonyl (C=O) groups excluding carboxylic acids is 1. The molecule has 3 atom stereocenters. The molecule has 0 aliphatic carbocycles. The van der Waals surface area contributed by atoms with Crippen LogP contribution in [-0.4, -0.2) is 54.2 Å². The van der Waals surface area contributed by atoms with Crippen LogP contribution in [0.4, 0.5) is 0 Å². The monoisotopic (exact) mass is 284 g/mol. The van der Waals surface area contributed by atoms with Crippen LogP contribution in [-0.2, 0) is 14.3 Å². The summed E-state index contributed by atoms with van der Waals surface area (Å²) < 4.78 is 5.32. The van der Waals surface area contributed by atoms with Crippen molar-refractivity contribution in [2.75, 3.05) is 26.3 Å². The summed E-state index contributed by atoms with van der Waals surface area (Å²) in [6, 6.07) is -0.321. The smallest absolute Gasteiger partial charge is 0.311 e. The first-order valence-electron chi connectivity index (χ1n) is 7.22. The van der Waals surface area contributed by atoms with Gasteiger partial charge in [0.05, 0.1) is 24.0 Å². The quantitative estimate of drug-likeness (QED) is 0.785. The second-order valence-corrected chi connectivity index (χ2v) is 6.31. The first-order chi connectivity index (χ1) is 9.35. The largest absolute Gasteiger partial charge is 0.481 e. The minimum absolute atomic E-state index is 0.0683. The lowest BCUT2D eigenvalue weighted by atomic mass is 9.76. The number of nitrogens with zero attached hydrogens (tertiary/aromatic N) is 1. The Bertz CT molecular complexity index is 414. The third-order valence-electron chi connectivity index (χ3n) is 5.00. The summed E-state index contributed by atoms with van der Waals surface area (Å²) in [5.74, 6) is -0.879. The fourth-order valence-corrected chi connectivity index (χ4v) is 3.19. The SMILES string of the molecule is CCC1(C(=O)O)CCCN(C(=O)C2(C)COCC2N)C1. The van der Waals surface area contributed by atoms with E-state index in [-0.39, 0.29) is 18.5 Å². The van der Waals surface area contributed by atoms with Gasteiger partial charge >= 0.3 is 5.97 Å². The Morgan fingerprint density at radius 2 is 2.20 bits per heavy atom. The average Bonchev–Trinajstić information content (AvgIpc) is 2.78. The highest BCUT2D eigenvalue weighted by Crippen LogP contribution is 2.37. The van der Waals surface area contributed by atoms with Crippen LogP contribution in [0.3, 0.4) is 0 Å². The lowest BCUT2D eigenvalue weighted by molar-refractivity contribution is -0.158. The zero-order chi connectivity index (χ0) is 15.0. The fraction of sp³-hybridized carbons (Fsp3) is 0.857. The number of likely N-dealkylation sites (tertiary alicyclic amines) is 1. The molecule has 0 spiro atoms. The van der Waals surface area contributed by atoms with Crippen LogP contribution in [0, 0.1) is 10.8 Å². The number of hydrogen-bond donors (Lipinski definition) is 2. The number of aliphatic carboxylic acids is 1. The molecule has 0 aromatic rings. The van der Waals surface area contributed by atoms with Crippen molar-refractivity contribution in [2.24, 2.45) is 16.6 Å². The number of carboxylic acids is 1. The zero-order valence-electron chi connectivity index (χ0n) is 12.2. The van der Waals surface area contributed by atoms with Crippen molar-refractivity contribution in [3.05, 3.63) is 0 Å². The van der Waals surface area contributed by atoms with Crippen LogP contribution in [0.15, 0.2) is 0 Å². The van der Waals surface area contributed by atoms with Gasteiger partial charge in [-0.3, -0.25) is 9.59 Å². The van der Waals surface area contributed by atoms with Crippen LogP contribution < -0.4 is 5.73 Å². The van der Waals surface area contributed by atoms with E-state index in [1.54, 1.807) is 4.90 Å². The topological polar surface area (TPSA) is 92.9 Å². The molecule has 2 fully saturated rings. The van der Waals surface area contributed by atoms with Crippen molar-refractivity contribution in [1.82, 2.24) is 4.90 Å². The number of ether oxygens (including phenoxy) is 1. The molecular formula is C14H24N2O4. The number of piperidine rings is 1. The molecule has 114 valence electrons. The van der Waals surface area contributed by atoms with E-state index in [9.17, 15) is 14.7 Å². The first kappa shape index (κ1) is 15.3. The molecule has 0 aromatic carbocycles. The van der Waals surface area contributed by atoms with E-state index >= 15 is 0 Å². The Labute approximate surface area is 119 Å². The molecule has 3 unspecified atom stereocenters. The minimum atomic E-state index is -0.812. The summed E-state index contributed by atoms with van der Waals surface area (Å²) in [5.41, 5.74) is 4.45. The van der Waals surface area contributed by atoms with Gasteiger partial charge in [-0.1, -0.05) is 6.92 Å². The minimum Gasteiger partial charge on any atom is -0.481 e. The van der Waals surface area contributed by atoms with Crippen LogP contribution >= 0.6 is 0 Å². The molecule has 3 N–H and O–H groups in total. The number of carboxylic acid groups (broad SMARTS) is 1. The Hall–Kier alpha value is -1.14. The van der Waals surface area contributed by atoms with Crippen LogP contribution in [0.25, 0.3) is 0 Å². The molecule has 20 heavy (non-hydrogen) atoms. The summed E-state index contributed by atoms with van der Waals surface area (Å²) in [5, 5.41) is 9.48. The maximum atomic E-state index is 12.7. The summed E-state index contributed by atoms with van der Waals surface area (Å²) >= 11 is 0. The molecular weight excluding hydrogens is 260 g/mol. The Morgan fingerprint density at radius 3 is 2.70 bits per heavy atom. The van der Waals surface area contributed by atoms with Crippen LogP contribution in [0.2, 0.25) is 0 Å². The van der Waals surface area contributed by atoms with E-state index in [1.807, 2.05) is 13.8 Å². The zero-order valence-corrected chi connectivity index (χ0v) is 12.2. The molecule has 2 aliphatic rings. The first-order valence-corrected chi connectivity index (χ1v) is 7.22. The van der Waals surface area contributed by atoms with Crippen molar-refractivity contribution < 1.29 is 19.4 Å². The fourth-order valence-electron chi connectivity index (χ4n) is 3.19. The van der Waals surface area contributed by atoms with Crippen molar-refractivity contribution in [2.45, 2.75) is 39.2 Å². The van der Waals surface area contributed by atoms with E-state index < -0.39 is 16.8 Å². The molecule has 2 saturated heterocycles. The standard InChI is InChI=1S/C14H24N2O4/c1-3-14(12(18)19)5-4-6-16(8-14)11(17)13(2)9-20-7-10(13)15/h10H,3-9,15H2,1-2H3,(H,18,19). The summed E-state index contributed by atoms with van der Waals surface area (Å²) in [7, 11) is 0. The third-order valence-corrected chi connectivity index (χ3v) is 5.00. The van der Waals surface area contributed by atoms with Crippen molar-refractivity contribution in [3.63, 3.8) is 0 Å². The second-order valence-electron chi connectivity index (χ2n) is 6.31. The summed E-state index contributed by atoms with van der Waals surface area (Å²) in [6.45, 7) is 5.27. The van der Waals surface area contributed by atoms with Gasteiger partial charge in [0.2, 0.25) is 5.91 Å². The number of amides is 1. The van der Waals surface area contributed by atoms with Gasteiger partial charge in [0.25, 0.3) is 0 Å². The van der Waals surface area contributed by atoms with Crippen molar-refractivity contribution in [3.8, 4) is 0 Å². The van der Waals surface area contributed by atoms with E-state index in [0.29, 0.717) is 32.6 Å². The van der Waals surface area contributed by atoms with Gasteiger partial charge in [-0.25, -0.2) is 0 Å². The molecule has 6 nitrogen and oxygen atoms in total. The Morgan fingerprint density at radius 1 is 1.50 bits per heavy atom. The molecule has 2 aliphatic heterocycles. The van der Waals surface area contributed by atoms with E-state index in [4.69, 9.17) is 10.5 Å². The maximum absolute atomic E-state index is 12.7. The Balaban J connectivity index is 2.17. The van der Waals surface area contributed by atoms with Gasteiger partial charge in [0.1, 0.15) is 0 Å². The van der Waals surface area contributed by atoms with Crippen molar-refractivity contribution >= 4 is 11.9 Å². The lowest BCUT2D eigenvalue weighted by Gasteiger charge is -2.42. The third kappa shape index (κ3) is 2.31. The van der Waals surface area contributed by atoms with Gasteiger partial charge in [-0.15, -0.1) is 0 Å². The molecule has 1 amide bonds. The number of rotatable bonds is 3. The van der Waals surface area contributed by atoms with Gasteiger partial charge in [0, 0.05) is 19.1 Å². The molecule has 0 bridgehead atoms. The molecule has 6 heteroatoms. The average molecular weight is 284 g/mol. The van der Waals surface area contributed by atoms with Gasteiger partial charge in [0.15, 0.2) is 0 Å². The highest BCUT2D eigenvalue weighted by Gasteiger charge is 2.50. The van der Waals surface area contributed by atoms with E-state index in [1.165, 1.54) is 0 Å². The number of hydrogen-bond acceptors (Lipinski definition) is 4. The lowest BCUT2D eigenvalue weighted by Crippen LogP contribution is -2.57. The normalized spacial score (nSPS) is 38.0. The predicted molar refractivity (Wildman–Crippen MR) is 73.1 cm³/mol. The van der Waals surface area contributed by atoms with Gasteiger partial charge in [-0.05, 0) is 26.2 Å². The number of carbonyl (C=O) groups is 2. The van der Waals surface area contributed by atoms with Gasteiger partial charge < -0.3 is 20.5 Å². The number of nitrogens with two attached hydrogens (primary N) is 1. The van der Waals surface area contributed by atoms with Crippen molar-refractivity contribution in [1.29, 1.82) is 0 Å². The molecule has 0 saturated carbocycles. The van der Waals surface area contributed by atoms with E-state index in [0.717, 1.165) is 6.42 Å². The highest BCUT2D eigenvalue weighted by molar-refractivity contribution is 5.85. The highest BCUT2D eigenvalue weighted by atomic mass is 16.5. The molecule has 0 radical (unpaired) electrons. The van der Waals surface area contributed by atoms with Crippen LogP contribution in [0.1, 0.15) is 33.1 Å². The summed E-state index contributed by atoms with van der Waals surface area (Å²) in [6.07, 6.45) is 1.88. The Kier molecular flexibility index (Phi) is 4.07.